The molecule has 5 N–H and O–H groups in total. The first-order valence-electron chi connectivity index (χ1n) is 31.0. The van der Waals surface area contributed by atoms with Crippen molar-refractivity contribution in [1.82, 2.24) is 56.0 Å². The number of hydrogen-bond acceptors (Lipinski definition) is 13. The summed E-state index contributed by atoms with van der Waals surface area (Å²) < 4.78 is 6.38. The van der Waals surface area contributed by atoms with E-state index >= 15 is 4.79 Å². The fourth-order valence-corrected chi connectivity index (χ4v) is 10.7. The van der Waals surface area contributed by atoms with Crippen LogP contribution in [0.25, 0.3) is 0 Å². The molecule has 0 aliphatic carbocycles. The number of allylic oxidation sites excluding steroid dienone is 2. The van der Waals surface area contributed by atoms with E-state index in [4.69, 9.17) is 4.74 Å². The lowest BCUT2D eigenvalue weighted by atomic mass is 9.92. The molecule has 1 saturated heterocycles. The zero-order valence-corrected chi connectivity index (χ0v) is 56.9. The van der Waals surface area contributed by atoms with Crippen molar-refractivity contribution in [3.63, 3.8) is 0 Å². The van der Waals surface area contributed by atoms with Gasteiger partial charge in [-0.25, -0.2) is 4.79 Å². The maximum absolute atomic E-state index is 15.1. The quantitative estimate of drug-likeness (QED) is 0.115. The van der Waals surface area contributed by atoms with Gasteiger partial charge in [0.2, 0.25) is 59.1 Å². The molecule has 492 valence electrons. The minimum atomic E-state index is -1.24. The molecule has 23 heteroatoms. The molecule has 0 aromatic rings. The van der Waals surface area contributed by atoms with E-state index in [1.165, 1.54) is 92.6 Å². The normalized spacial score (nSPS) is 27.3. The maximum atomic E-state index is 15.1. The molecule has 0 radical (unpaired) electrons. The van der Waals surface area contributed by atoms with E-state index < -0.39 is 162 Å². The molecule has 1 aliphatic heterocycles. The summed E-state index contributed by atoms with van der Waals surface area (Å²) in [5.74, 6) is -9.73. The number of hydrogen-bond donors (Lipinski definition) is 5. The van der Waals surface area contributed by atoms with Crippen molar-refractivity contribution in [3.05, 3.63) is 12.2 Å². The van der Waals surface area contributed by atoms with Crippen LogP contribution in [0.1, 0.15) is 157 Å². The molecule has 1 aliphatic rings. The summed E-state index contributed by atoms with van der Waals surface area (Å²) in [5.41, 5.74) is 0. The molecular formula is C63H113N11O12. The van der Waals surface area contributed by atoms with Gasteiger partial charge in [-0.2, -0.15) is 0 Å². The van der Waals surface area contributed by atoms with Gasteiger partial charge in [0.25, 0.3) is 0 Å². The first-order chi connectivity index (χ1) is 39.7. The van der Waals surface area contributed by atoms with Gasteiger partial charge < -0.3 is 60.7 Å². The Bertz CT molecular complexity index is 2340. The van der Waals surface area contributed by atoms with Gasteiger partial charge in [0.15, 0.2) is 0 Å². The second-order valence-electron chi connectivity index (χ2n) is 26.6. The highest BCUT2D eigenvalue weighted by atomic mass is 16.5. The molecule has 23 nitrogen and oxygen atoms in total. The van der Waals surface area contributed by atoms with Crippen molar-refractivity contribution in [2.45, 2.75) is 223 Å². The van der Waals surface area contributed by atoms with Crippen molar-refractivity contribution in [2.24, 2.45) is 47.3 Å². The monoisotopic (exact) mass is 1220 g/mol. The van der Waals surface area contributed by atoms with Crippen LogP contribution >= 0.6 is 0 Å². The first kappa shape index (κ1) is 77.9. The summed E-state index contributed by atoms with van der Waals surface area (Å²) in [6.45, 7) is 31.5. The van der Waals surface area contributed by atoms with Crippen molar-refractivity contribution in [2.75, 3.05) is 55.9 Å². The number of ether oxygens (including phenoxy) is 1. The van der Waals surface area contributed by atoms with E-state index in [9.17, 15) is 47.9 Å². The Hall–Kier alpha value is -6.13. The van der Waals surface area contributed by atoms with Crippen LogP contribution in [0, 0.1) is 47.3 Å². The fourth-order valence-electron chi connectivity index (χ4n) is 10.7. The van der Waals surface area contributed by atoms with Crippen LogP contribution in [0.4, 0.5) is 0 Å². The molecule has 0 aromatic heterocycles. The summed E-state index contributed by atoms with van der Waals surface area (Å²) in [7, 11) is 10.2. The lowest BCUT2D eigenvalue weighted by Crippen LogP contribution is -2.61. The van der Waals surface area contributed by atoms with Gasteiger partial charge in [-0.05, 0) is 107 Å². The minimum absolute atomic E-state index is 0.124. The first-order valence-corrected chi connectivity index (χ1v) is 31.0. The number of carbonyl (C=O) groups excluding carboxylic acids is 11. The number of esters is 1. The van der Waals surface area contributed by atoms with E-state index in [1.54, 1.807) is 41.5 Å². The Morgan fingerprint density at radius 3 is 1.31 bits per heavy atom. The highest BCUT2D eigenvalue weighted by Gasteiger charge is 2.45. The number of cyclic esters (lactones) is 1. The van der Waals surface area contributed by atoms with Crippen LogP contribution < -0.4 is 26.6 Å². The topological polar surface area (TPSA) is 277 Å². The number of rotatable bonds is 15. The van der Waals surface area contributed by atoms with Gasteiger partial charge in [-0.1, -0.05) is 116 Å². The second-order valence-corrected chi connectivity index (χ2v) is 26.6. The van der Waals surface area contributed by atoms with Crippen LogP contribution in [0.2, 0.25) is 0 Å². The Balaban J connectivity index is 4.30. The number of likely N-dealkylation sites (N-methyl/N-ethyl adjacent to an activating group) is 7. The van der Waals surface area contributed by atoms with Crippen molar-refractivity contribution < 1.29 is 57.5 Å². The van der Waals surface area contributed by atoms with E-state index in [1.807, 2.05) is 81.4 Å². The van der Waals surface area contributed by atoms with Crippen LogP contribution in [0.15, 0.2) is 12.2 Å². The van der Waals surface area contributed by atoms with Gasteiger partial charge in [-0.15, -0.1) is 0 Å². The standard InChI is InChI=1S/C63H113N11O12/c1-26-27-28-41(16)53-51(64-19)57(79)68-49(38(10)11)61(83)69(20)33-48(75)70(21)44(29-34(2)3)56(78)67-50(39(12)13)62(84)71(22)45(30-35(4)5)55(77)65-42(17)54(76)66-43(18)58(80)72(23)46(31-36(6)7)59(81)73(24)47(32-37(8)9)60(82)74(25)52(40(14)15)63(85)86-53/h26-27,34-47,49-53,64H,28-33H2,1-25H3,(H,65,77)(H,66,76)(H,67,78)(H,68,79)/b27-26+/t41-,42?,43?,44?,45?,46?,47?,49?,50?,51-,52?,53+/m0/s1. The number of nitrogens with zero attached hydrogens (tertiary/aromatic N) is 6. The Morgan fingerprint density at radius 1 is 0.477 bits per heavy atom. The van der Waals surface area contributed by atoms with Crippen LogP contribution in [-0.2, 0) is 57.5 Å². The molecule has 12 atom stereocenters. The fraction of sp³-hybridized carbons (Fsp3) is 0.794. The Labute approximate surface area is 515 Å². The highest BCUT2D eigenvalue weighted by Crippen LogP contribution is 2.26. The van der Waals surface area contributed by atoms with Gasteiger partial charge in [-0.3, -0.25) is 47.9 Å². The largest absolute Gasteiger partial charge is 0.458 e. The third-order valence-electron chi connectivity index (χ3n) is 16.1. The van der Waals surface area contributed by atoms with Crippen molar-refractivity contribution in [1.29, 1.82) is 0 Å². The molecule has 0 aromatic carbocycles. The molecule has 0 bridgehead atoms. The van der Waals surface area contributed by atoms with Gasteiger partial charge >= 0.3 is 5.97 Å². The maximum Gasteiger partial charge on any atom is 0.329 e. The van der Waals surface area contributed by atoms with Gasteiger partial charge in [0.05, 0.1) is 6.54 Å². The summed E-state index contributed by atoms with van der Waals surface area (Å²) in [5, 5.41) is 14.1. The van der Waals surface area contributed by atoms with Crippen molar-refractivity contribution in [3.8, 4) is 0 Å². The third kappa shape index (κ3) is 22.2. The molecule has 1 fully saturated rings. The van der Waals surface area contributed by atoms with E-state index in [-0.39, 0.29) is 49.4 Å². The highest BCUT2D eigenvalue weighted by molar-refractivity contribution is 5.98. The summed E-state index contributed by atoms with van der Waals surface area (Å²) in [6.07, 6.45) is 3.57. The predicted molar refractivity (Wildman–Crippen MR) is 333 cm³/mol. The molecule has 0 saturated carbocycles. The average molecular weight is 1220 g/mol. The average Bonchev–Trinajstić information content (AvgIpc) is 3.57. The van der Waals surface area contributed by atoms with E-state index in [0.717, 1.165) is 0 Å². The minimum Gasteiger partial charge on any atom is -0.458 e. The van der Waals surface area contributed by atoms with Gasteiger partial charge in [0, 0.05) is 42.3 Å². The predicted octanol–water partition coefficient (Wildman–Crippen LogP) is 3.83. The Kier molecular flexibility index (Phi) is 32.3. The number of amides is 10. The summed E-state index contributed by atoms with van der Waals surface area (Å²) in [6, 6.07) is -11.8. The molecule has 86 heavy (non-hydrogen) atoms. The number of nitrogens with one attached hydrogen (secondary N) is 5. The molecular weight excluding hydrogens is 1100 g/mol. The molecule has 9 unspecified atom stereocenters. The van der Waals surface area contributed by atoms with Crippen LogP contribution in [0.3, 0.4) is 0 Å². The van der Waals surface area contributed by atoms with Crippen molar-refractivity contribution >= 4 is 65.0 Å². The lowest BCUT2D eigenvalue weighted by molar-refractivity contribution is -0.167. The molecule has 1 heterocycles. The van der Waals surface area contributed by atoms with E-state index in [2.05, 4.69) is 26.6 Å². The molecule has 0 spiro atoms. The van der Waals surface area contributed by atoms with Gasteiger partial charge in [0.1, 0.15) is 66.5 Å². The number of carbonyl (C=O) groups is 11. The second kappa shape index (κ2) is 35.6. The van der Waals surface area contributed by atoms with E-state index in [0.29, 0.717) is 6.42 Å². The molecule has 1 rings (SSSR count). The Morgan fingerprint density at radius 2 is 0.872 bits per heavy atom. The summed E-state index contributed by atoms with van der Waals surface area (Å²) in [4.78, 5) is 167. The smallest absolute Gasteiger partial charge is 0.329 e. The van der Waals surface area contributed by atoms with Crippen LogP contribution in [0.5, 0.6) is 0 Å². The lowest BCUT2D eigenvalue weighted by Gasteiger charge is -2.40. The zero-order valence-electron chi connectivity index (χ0n) is 56.9. The van der Waals surface area contributed by atoms with Crippen LogP contribution in [-0.4, -0.2) is 217 Å². The molecule has 10 amide bonds. The summed E-state index contributed by atoms with van der Waals surface area (Å²) >= 11 is 0. The SMILES string of the molecule is C/C=C/C[C@H](C)[C@H]1OC(=O)C(C(C)C)N(C)C(=O)C(CC(C)C)N(C)C(=O)C(CC(C)C)N(C)C(=O)C(C)NC(=O)C(C)NC(=O)C(CC(C)C)N(C)C(=O)C(C(C)C)NC(=O)C(CC(C)C)N(C)C(=O)CN(C)C(=O)C(C(C)C)NC(=O)[C@H]1NC. The third-order valence-corrected chi connectivity index (χ3v) is 16.1. The zero-order chi connectivity index (χ0) is 66.7.